The molecule has 0 aliphatic carbocycles. The molecule has 7 heteroatoms. The molecule has 0 amide bonds. The van der Waals surface area contributed by atoms with Crippen LogP contribution in [0.25, 0.3) is 0 Å². The van der Waals surface area contributed by atoms with Crippen LogP contribution < -0.4 is 14.8 Å². The standard InChI is InChI=1S/C14H18N2O5/c1-20-12-2-3-13(10(6-12)7-15)21-9-11(17)8-16-5-4-14(18)19/h2-3,6,11,16-17H,4-5,8-9H2,1H3,(H,18,19). The Kier molecular flexibility index (Phi) is 7.01. The third kappa shape index (κ3) is 6.12. The number of rotatable bonds is 9. The monoisotopic (exact) mass is 294 g/mol. The van der Waals surface area contributed by atoms with Gasteiger partial charge in [-0.25, -0.2) is 0 Å². The summed E-state index contributed by atoms with van der Waals surface area (Å²) in [6.07, 6.45) is -0.808. The molecule has 21 heavy (non-hydrogen) atoms. The molecule has 0 fully saturated rings. The summed E-state index contributed by atoms with van der Waals surface area (Å²) in [5.74, 6) is 0.0165. The molecular formula is C14H18N2O5. The van der Waals surface area contributed by atoms with Gasteiger partial charge in [-0.05, 0) is 12.1 Å². The lowest BCUT2D eigenvalue weighted by atomic mass is 10.2. The highest BCUT2D eigenvalue weighted by molar-refractivity contribution is 5.66. The highest BCUT2D eigenvalue weighted by Crippen LogP contribution is 2.23. The maximum absolute atomic E-state index is 10.3. The van der Waals surface area contributed by atoms with Gasteiger partial charge in [0.15, 0.2) is 0 Å². The second-order valence-electron chi connectivity index (χ2n) is 4.29. The number of carboxylic acid groups (broad SMARTS) is 1. The van der Waals surface area contributed by atoms with Crippen LogP contribution in [-0.2, 0) is 4.79 Å². The second kappa shape index (κ2) is 8.79. The Morgan fingerprint density at radius 2 is 2.29 bits per heavy atom. The Hall–Kier alpha value is -2.30. The molecule has 0 aliphatic rings. The summed E-state index contributed by atoms with van der Waals surface area (Å²) in [6, 6.07) is 6.80. The average molecular weight is 294 g/mol. The number of carboxylic acids is 1. The predicted octanol–water partition coefficient (Wildman–Crippen LogP) is 0.371. The molecule has 1 aromatic rings. The first kappa shape index (κ1) is 16.8. The van der Waals surface area contributed by atoms with Crippen LogP contribution in [0.1, 0.15) is 12.0 Å². The van der Waals surface area contributed by atoms with Crippen LogP contribution in [0, 0.1) is 11.3 Å². The topological polar surface area (TPSA) is 112 Å². The van der Waals surface area contributed by atoms with Crippen molar-refractivity contribution in [3.05, 3.63) is 23.8 Å². The van der Waals surface area contributed by atoms with Gasteiger partial charge >= 0.3 is 5.97 Å². The zero-order valence-corrected chi connectivity index (χ0v) is 11.7. The van der Waals surface area contributed by atoms with Crippen molar-refractivity contribution in [2.45, 2.75) is 12.5 Å². The molecule has 1 atom stereocenters. The Morgan fingerprint density at radius 3 is 2.90 bits per heavy atom. The lowest BCUT2D eigenvalue weighted by molar-refractivity contribution is -0.136. The predicted molar refractivity (Wildman–Crippen MR) is 74.3 cm³/mol. The lowest BCUT2D eigenvalue weighted by Crippen LogP contribution is -2.32. The van der Waals surface area contributed by atoms with Gasteiger partial charge in [-0.3, -0.25) is 4.79 Å². The van der Waals surface area contributed by atoms with Crippen LogP contribution in [0.5, 0.6) is 11.5 Å². The minimum absolute atomic E-state index is 0.00107. The van der Waals surface area contributed by atoms with Crippen molar-refractivity contribution in [3.8, 4) is 17.6 Å². The summed E-state index contributed by atoms with van der Waals surface area (Å²) in [6.45, 7) is 0.491. The third-order valence-electron chi connectivity index (χ3n) is 2.63. The van der Waals surface area contributed by atoms with Crippen molar-refractivity contribution < 1.29 is 24.5 Å². The van der Waals surface area contributed by atoms with Gasteiger partial charge in [0.05, 0.1) is 19.1 Å². The van der Waals surface area contributed by atoms with Crippen molar-refractivity contribution in [2.75, 3.05) is 26.8 Å². The number of hydrogen-bond donors (Lipinski definition) is 3. The van der Waals surface area contributed by atoms with Gasteiger partial charge < -0.3 is 25.0 Å². The summed E-state index contributed by atoms with van der Waals surface area (Å²) in [4.78, 5) is 10.3. The number of benzene rings is 1. The number of hydrogen-bond acceptors (Lipinski definition) is 6. The molecule has 1 unspecified atom stereocenters. The summed E-state index contributed by atoms with van der Waals surface area (Å²) in [7, 11) is 1.50. The van der Waals surface area contributed by atoms with Gasteiger partial charge in [0.2, 0.25) is 0 Å². The minimum atomic E-state index is -0.898. The van der Waals surface area contributed by atoms with Crippen LogP contribution in [0.2, 0.25) is 0 Å². The zero-order valence-electron chi connectivity index (χ0n) is 11.7. The van der Waals surface area contributed by atoms with Gasteiger partial charge in [0, 0.05) is 19.2 Å². The molecule has 0 radical (unpaired) electrons. The van der Waals surface area contributed by atoms with E-state index in [0.29, 0.717) is 17.1 Å². The zero-order chi connectivity index (χ0) is 15.7. The molecule has 1 rings (SSSR count). The van der Waals surface area contributed by atoms with Crippen LogP contribution in [-0.4, -0.2) is 49.1 Å². The third-order valence-corrected chi connectivity index (χ3v) is 2.63. The van der Waals surface area contributed by atoms with Gasteiger partial charge in [0.1, 0.15) is 30.3 Å². The molecule has 0 bridgehead atoms. The van der Waals surface area contributed by atoms with Crippen LogP contribution in [0.15, 0.2) is 18.2 Å². The molecule has 114 valence electrons. The van der Waals surface area contributed by atoms with E-state index in [1.807, 2.05) is 6.07 Å². The highest BCUT2D eigenvalue weighted by Gasteiger charge is 2.09. The molecule has 0 spiro atoms. The number of aliphatic hydroxyl groups is 1. The first-order valence-electron chi connectivity index (χ1n) is 6.38. The van der Waals surface area contributed by atoms with Crippen molar-refractivity contribution in [2.24, 2.45) is 0 Å². The molecule has 1 aromatic carbocycles. The average Bonchev–Trinajstić information content (AvgIpc) is 2.49. The van der Waals surface area contributed by atoms with Crippen LogP contribution in [0.3, 0.4) is 0 Å². The number of aliphatic hydroxyl groups excluding tert-OH is 1. The molecule has 7 nitrogen and oxygen atoms in total. The van der Waals surface area contributed by atoms with Crippen molar-refractivity contribution >= 4 is 5.97 Å². The van der Waals surface area contributed by atoms with E-state index < -0.39 is 12.1 Å². The normalized spacial score (nSPS) is 11.5. The van der Waals surface area contributed by atoms with Gasteiger partial charge in [-0.1, -0.05) is 0 Å². The number of methoxy groups -OCH3 is 1. The van der Waals surface area contributed by atoms with E-state index in [1.54, 1.807) is 18.2 Å². The quantitative estimate of drug-likeness (QED) is 0.564. The minimum Gasteiger partial charge on any atom is -0.497 e. The fourth-order valence-corrected chi connectivity index (χ4v) is 1.56. The number of nitrogens with one attached hydrogen (secondary N) is 1. The Balaban J connectivity index is 2.41. The fourth-order valence-electron chi connectivity index (χ4n) is 1.56. The Labute approximate surface area is 122 Å². The van der Waals surface area contributed by atoms with Crippen molar-refractivity contribution in [3.63, 3.8) is 0 Å². The van der Waals surface area contributed by atoms with E-state index in [1.165, 1.54) is 7.11 Å². The molecule has 0 aliphatic heterocycles. The van der Waals surface area contributed by atoms with Crippen molar-refractivity contribution in [1.29, 1.82) is 5.26 Å². The van der Waals surface area contributed by atoms with Gasteiger partial charge in [-0.15, -0.1) is 0 Å². The number of aliphatic carboxylic acids is 1. The molecule has 3 N–H and O–H groups in total. The fraction of sp³-hybridized carbons (Fsp3) is 0.429. The van der Waals surface area contributed by atoms with E-state index in [-0.39, 0.29) is 26.1 Å². The number of nitrogens with zero attached hydrogens (tertiary/aromatic N) is 1. The molecule has 0 aromatic heterocycles. The number of nitriles is 1. The van der Waals surface area contributed by atoms with Crippen LogP contribution in [0.4, 0.5) is 0 Å². The van der Waals surface area contributed by atoms with E-state index in [9.17, 15) is 9.90 Å². The van der Waals surface area contributed by atoms with Crippen molar-refractivity contribution in [1.82, 2.24) is 5.32 Å². The SMILES string of the molecule is COc1ccc(OCC(O)CNCCC(=O)O)c(C#N)c1. The Bertz CT molecular complexity index is 513. The number of carbonyl (C=O) groups is 1. The van der Waals surface area contributed by atoms with E-state index in [4.69, 9.17) is 19.8 Å². The van der Waals surface area contributed by atoms with Gasteiger partial charge in [-0.2, -0.15) is 5.26 Å². The second-order valence-corrected chi connectivity index (χ2v) is 4.29. The van der Waals surface area contributed by atoms with E-state index in [2.05, 4.69) is 5.32 Å². The summed E-state index contributed by atoms with van der Waals surface area (Å²) in [5.41, 5.74) is 0.320. The summed E-state index contributed by atoms with van der Waals surface area (Å²) in [5, 5.41) is 30.0. The maximum Gasteiger partial charge on any atom is 0.304 e. The highest BCUT2D eigenvalue weighted by atomic mass is 16.5. The summed E-state index contributed by atoms with van der Waals surface area (Å²) >= 11 is 0. The van der Waals surface area contributed by atoms with E-state index >= 15 is 0 Å². The first-order chi connectivity index (χ1) is 10.1. The number of ether oxygens (including phenoxy) is 2. The maximum atomic E-state index is 10.3. The van der Waals surface area contributed by atoms with Crippen LogP contribution >= 0.6 is 0 Å². The van der Waals surface area contributed by atoms with E-state index in [0.717, 1.165) is 0 Å². The van der Waals surface area contributed by atoms with Gasteiger partial charge in [0.25, 0.3) is 0 Å². The summed E-state index contributed by atoms with van der Waals surface area (Å²) < 4.78 is 10.4. The molecule has 0 saturated carbocycles. The molecule has 0 heterocycles. The Morgan fingerprint density at radius 1 is 1.52 bits per heavy atom. The lowest BCUT2D eigenvalue weighted by Gasteiger charge is -2.14. The smallest absolute Gasteiger partial charge is 0.304 e. The largest absolute Gasteiger partial charge is 0.497 e. The molecule has 0 saturated heterocycles. The first-order valence-corrected chi connectivity index (χ1v) is 6.38. The molecular weight excluding hydrogens is 276 g/mol.